The van der Waals surface area contributed by atoms with Gasteiger partial charge in [-0.25, -0.2) is 0 Å². The summed E-state index contributed by atoms with van der Waals surface area (Å²) in [7, 11) is 4.03. The van der Waals surface area contributed by atoms with E-state index in [2.05, 4.69) is 48.5 Å². The minimum absolute atomic E-state index is 0.328. The molecule has 0 saturated heterocycles. The molecule has 0 bridgehead atoms. The molecule has 1 aromatic heterocycles. The van der Waals surface area contributed by atoms with Gasteiger partial charge >= 0.3 is 0 Å². The number of benzene rings is 1. The third kappa shape index (κ3) is 3.04. The lowest BCUT2D eigenvalue weighted by molar-refractivity contribution is 0.561. The van der Waals surface area contributed by atoms with Crippen LogP contribution in [0.5, 0.6) is 0 Å². The van der Waals surface area contributed by atoms with Crippen molar-refractivity contribution in [3.63, 3.8) is 0 Å². The van der Waals surface area contributed by atoms with Crippen LogP contribution in [-0.2, 0) is 13.5 Å². The summed E-state index contributed by atoms with van der Waals surface area (Å²) in [5, 5.41) is 7.82. The van der Waals surface area contributed by atoms with Gasteiger partial charge in [0.25, 0.3) is 0 Å². The number of nitrogens with zero attached hydrogens (tertiary/aromatic N) is 2. The SMILES string of the molecule is CNC(Cc1cc(C)nn1C)c1ccc(C)c(C)c1. The van der Waals surface area contributed by atoms with Crippen LogP contribution in [0.15, 0.2) is 24.3 Å². The number of aryl methyl sites for hydroxylation is 4. The predicted octanol–water partition coefficient (Wildman–Crippen LogP) is 2.85. The van der Waals surface area contributed by atoms with Crippen LogP contribution in [0.2, 0.25) is 0 Å². The molecule has 0 aliphatic carbocycles. The highest BCUT2D eigenvalue weighted by molar-refractivity contribution is 5.32. The van der Waals surface area contributed by atoms with Crippen molar-refractivity contribution in [1.29, 1.82) is 0 Å². The highest BCUT2D eigenvalue weighted by Gasteiger charge is 2.13. The van der Waals surface area contributed by atoms with Gasteiger partial charge in [0, 0.05) is 25.2 Å². The van der Waals surface area contributed by atoms with Gasteiger partial charge in [-0.15, -0.1) is 0 Å². The van der Waals surface area contributed by atoms with Crippen LogP contribution in [-0.4, -0.2) is 16.8 Å². The zero-order valence-electron chi connectivity index (χ0n) is 12.5. The Labute approximate surface area is 115 Å². The fraction of sp³-hybridized carbons (Fsp3) is 0.438. The van der Waals surface area contributed by atoms with Crippen LogP contribution >= 0.6 is 0 Å². The van der Waals surface area contributed by atoms with E-state index in [-0.39, 0.29) is 0 Å². The first-order chi connectivity index (χ1) is 9.01. The van der Waals surface area contributed by atoms with Gasteiger partial charge in [-0.3, -0.25) is 4.68 Å². The first-order valence-corrected chi connectivity index (χ1v) is 6.75. The summed E-state index contributed by atoms with van der Waals surface area (Å²) < 4.78 is 1.97. The molecule has 0 amide bonds. The van der Waals surface area contributed by atoms with Crippen molar-refractivity contribution in [1.82, 2.24) is 15.1 Å². The normalized spacial score (nSPS) is 12.7. The first kappa shape index (κ1) is 13.8. The molecule has 0 radical (unpaired) electrons. The fourth-order valence-electron chi connectivity index (χ4n) is 2.43. The summed E-state index contributed by atoms with van der Waals surface area (Å²) in [4.78, 5) is 0. The van der Waals surface area contributed by atoms with Gasteiger partial charge in [0.05, 0.1) is 5.69 Å². The topological polar surface area (TPSA) is 29.9 Å². The second kappa shape index (κ2) is 5.57. The molecule has 0 fully saturated rings. The van der Waals surface area contributed by atoms with Crippen LogP contribution in [0.1, 0.15) is 34.1 Å². The van der Waals surface area contributed by atoms with E-state index in [0.29, 0.717) is 6.04 Å². The van der Waals surface area contributed by atoms with Crippen LogP contribution in [0.25, 0.3) is 0 Å². The quantitative estimate of drug-likeness (QED) is 0.912. The Kier molecular flexibility index (Phi) is 4.05. The molecule has 102 valence electrons. The van der Waals surface area contributed by atoms with E-state index < -0.39 is 0 Å². The largest absolute Gasteiger partial charge is 0.313 e. The lowest BCUT2D eigenvalue weighted by Crippen LogP contribution is -2.20. The molecule has 1 unspecified atom stereocenters. The summed E-state index contributed by atoms with van der Waals surface area (Å²) in [5.41, 5.74) is 6.36. The van der Waals surface area contributed by atoms with Crippen LogP contribution in [0.4, 0.5) is 0 Å². The molecule has 1 atom stereocenters. The second-order valence-electron chi connectivity index (χ2n) is 5.29. The van der Waals surface area contributed by atoms with Gasteiger partial charge in [-0.2, -0.15) is 5.10 Å². The summed E-state index contributed by atoms with van der Waals surface area (Å²) in [5.74, 6) is 0. The molecule has 19 heavy (non-hydrogen) atoms. The summed E-state index contributed by atoms with van der Waals surface area (Å²) >= 11 is 0. The van der Waals surface area contributed by atoms with Gasteiger partial charge in [0.1, 0.15) is 0 Å². The van der Waals surface area contributed by atoms with Gasteiger partial charge in [-0.05, 0) is 50.6 Å². The van der Waals surface area contributed by atoms with Crippen molar-refractivity contribution in [2.24, 2.45) is 7.05 Å². The lowest BCUT2D eigenvalue weighted by Gasteiger charge is -2.18. The monoisotopic (exact) mass is 257 g/mol. The zero-order valence-corrected chi connectivity index (χ0v) is 12.5. The van der Waals surface area contributed by atoms with Crippen molar-refractivity contribution in [2.75, 3.05) is 7.05 Å². The maximum absolute atomic E-state index is 4.41. The van der Waals surface area contributed by atoms with Crippen molar-refractivity contribution in [3.05, 3.63) is 52.3 Å². The van der Waals surface area contributed by atoms with Crippen molar-refractivity contribution < 1.29 is 0 Å². The Hall–Kier alpha value is -1.61. The van der Waals surface area contributed by atoms with E-state index in [9.17, 15) is 0 Å². The smallest absolute Gasteiger partial charge is 0.0596 e. The average molecular weight is 257 g/mol. The Bertz CT molecular complexity index is 569. The Morgan fingerprint density at radius 3 is 2.42 bits per heavy atom. The Morgan fingerprint density at radius 1 is 1.16 bits per heavy atom. The van der Waals surface area contributed by atoms with E-state index in [1.807, 2.05) is 25.7 Å². The fourth-order valence-corrected chi connectivity index (χ4v) is 2.43. The van der Waals surface area contributed by atoms with Gasteiger partial charge in [0.2, 0.25) is 0 Å². The maximum atomic E-state index is 4.41. The number of hydrogen-bond donors (Lipinski definition) is 1. The van der Waals surface area contributed by atoms with E-state index in [1.54, 1.807) is 0 Å². The first-order valence-electron chi connectivity index (χ1n) is 6.75. The molecule has 1 heterocycles. The standard InChI is InChI=1S/C16H23N3/c1-11-6-7-14(8-12(11)2)16(17-4)10-15-9-13(3)18-19(15)5/h6-9,16-17H,10H2,1-5H3. The molecule has 2 rings (SSSR count). The third-order valence-corrected chi connectivity index (χ3v) is 3.79. The predicted molar refractivity (Wildman–Crippen MR) is 79.4 cm³/mol. The molecule has 0 spiro atoms. The molecule has 1 N–H and O–H groups in total. The highest BCUT2D eigenvalue weighted by Crippen LogP contribution is 2.21. The number of rotatable bonds is 4. The summed E-state index contributed by atoms with van der Waals surface area (Å²) in [6, 6.07) is 9.18. The maximum Gasteiger partial charge on any atom is 0.0596 e. The molecular formula is C16H23N3. The molecule has 0 saturated carbocycles. The molecule has 3 heteroatoms. The molecule has 1 aromatic carbocycles. The van der Waals surface area contributed by atoms with Crippen LogP contribution in [0.3, 0.4) is 0 Å². The second-order valence-corrected chi connectivity index (χ2v) is 5.29. The number of likely N-dealkylation sites (N-methyl/N-ethyl adjacent to an activating group) is 1. The molecule has 2 aromatic rings. The molecule has 0 aliphatic heterocycles. The molecule has 3 nitrogen and oxygen atoms in total. The molecular weight excluding hydrogens is 234 g/mol. The van der Waals surface area contributed by atoms with E-state index in [1.165, 1.54) is 22.4 Å². The average Bonchev–Trinajstić information content (AvgIpc) is 2.68. The van der Waals surface area contributed by atoms with Crippen molar-refractivity contribution in [3.8, 4) is 0 Å². The summed E-state index contributed by atoms with van der Waals surface area (Å²) in [6.07, 6.45) is 0.955. The van der Waals surface area contributed by atoms with E-state index in [0.717, 1.165) is 12.1 Å². The minimum atomic E-state index is 0.328. The van der Waals surface area contributed by atoms with Gasteiger partial charge < -0.3 is 5.32 Å². The molecule has 0 aliphatic rings. The van der Waals surface area contributed by atoms with Gasteiger partial charge in [-0.1, -0.05) is 18.2 Å². The van der Waals surface area contributed by atoms with E-state index in [4.69, 9.17) is 0 Å². The number of nitrogens with one attached hydrogen (secondary N) is 1. The van der Waals surface area contributed by atoms with Gasteiger partial charge in [0.15, 0.2) is 0 Å². The van der Waals surface area contributed by atoms with Crippen molar-refractivity contribution >= 4 is 0 Å². The van der Waals surface area contributed by atoms with Crippen molar-refractivity contribution in [2.45, 2.75) is 33.2 Å². The van der Waals surface area contributed by atoms with Crippen LogP contribution < -0.4 is 5.32 Å². The number of hydrogen-bond acceptors (Lipinski definition) is 2. The van der Waals surface area contributed by atoms with E-state index >= 15 is 0 Å². The van der Waals surface area contributed by atoms with Crippen LogP contribution in [0, 0.1) is 20.8 Å². The third-order valence-electron chi connectivity index (χ3n) is 3.79. The Morgan fingerprint density at radius 2 is 1.89 bits per heavy atom. The highest BCUT2D eigenvalue weighted by atomic mass is 15.3. The number of aromatic nitrogens is 2. The minimum Gasteiger partial charge on any atom is -0.313 e. The zero-order chi connectivity index (χ0) is 14.0. The Balaban J connectivity index is 2.24. The lowest BCUT2D eigenvalue weighted by atomic mass is 9.98. The summed E-state index contributed by atoms with van der Waals surface area (Å²) in [6.45, 7) is 6.35.